The highest BCUT2D eigenvalue weighted by molar-refractivity contribution is 7.15. The van der Waals surface area contributed by atoms with Crippen LogP contribution in [-0.2, 0) is 6.42 Å². The van der Waals surface area contributed by atoms with Crippen LogP contribution in [0.1, 0.15) is 29.5 Å². The van der Waals surface area contributed by atoms with Gasteiger partial charge >= 0.3 is 0 Å². The number of nitrogens with zero attached hydrogens (tertiary/aromatic N) is 2. The first-order valence-electron chi connectivity index (χ1n) is 6.03. The summed E-state index contributed by atoms with van der Waals surface area (Å²) in [6, 6.07) is 4.45. The number of rotatable bonds is 2. The van der Waals surface area contributed by atoms with Gasteiger partial charge in [-0.3, -0.25) is 0 Å². The Morgan fingerprint density at radius 3 is 3.12 bits per heavy atom. The lowest BCUT2D eigenvalue weighted by molar-refractivity contribution is 0.208. The number of aliphatic hydroxyl groups excluding tert-OH is 1. The van der Waals surface area contributed by atoms with E-state index in [1.165, 1.54) is 15.4 Å². The molecule has 0 spiro atoms. The van der Waals surface area contributed by atoms with E-state index in [2.05, 4.69) is 28.6 Å². The van der Waals surface area contributed by atoms with Crippen LogP contribution in [0.15, 0.2) is 18.3 Å². The molecule has 4 heteroatoms. The van der Waals surface area contributed by atoms with Crippen LogP contribution in [0.4, 0.5) is 0 Å². The first-order chi connectivity index (χ1) is 8.29. The Hall–Kier alpha value is -1.13. The second kappa shape index (κ2) is 4.27. The molecule has 0 saturated carbocycles. The van der Waals surface area contributed by atoms with Crippen LogP contribution in [0.3, 0.4) is 0 Å². The van der Waals surface area contributed by atoms with Crippen LogP contribution in [0.5, 0.6) is 0 Å². The van der Waals surface area contributed by atoms with Crippen LogP contribution >= 0.6 is 11.3 Å². The maximum Gasteiger partial charge on any atom is 0.150 e. The summed E-state index contributed by atoms with van der Waals surface area (Å²) in [6.45, 7) is 2.32. The molecule has 3 heterocycles. The van der Waals surface area contributed by atoms with E-state index in [0.29, 0.717) is 0 Å². The molecule has 2 aromatic heterocycles. The molecule has 0 fully saturated rings. The molecule has 3 nitrogen and oxygen atoms in total. The highest BCUT2D eigenvalue weighted by atomic mass is 32.1. The van der Waals surface area contributed by atoms with Crippen LogP contribution in [-0.4, -0.2) is 21.3 Å². The molecule has 17 heavy (non-hydrogen) atoms. The molecular weight excluding hydrogens is 232 g/mol. The van der Waals surface area contributed by atoms with Crippen LogP contribution < -0.4 is 0 Å². The van der Waals surface area contributed by atoms with E-state index in [-0.39, 0.29) is 12.6 Å². The SMILES string of the molecule is Cc1ccc(-c2ncc3n2C(CO)CCC3)s1. The van der Waals surface area contributed by atoms with Crippen LogP contribution in [0, 0.1) is 6.92 Å². The van der Waals surface area contributed by atoms with Crippen molar-refractivity contribution in [2.75, 3.05) is 6.61 Å². The fourth-order valence-electron chi connectivity index (χ4n) is 2.55. The van der Waals surface area contributed by atoms with Gasteiger partial charge in [0.1, 0.15) is 0 Å². The van der Waals surface area contributed by atoms with Crippen molar-refractivity contribution in [2.24, 2.45) is 0 Å². The van der Waals surface area contributed by atoms with E-state index in [0.717, 1.165) is 25.1 Å². The molecule has 0 bridgehead atoms. The summed E-state index contributed by atoms with van der Waals surface area (Å²) >= 11 is 1.77. The molecule has 0 aliphatic carbocycles. The van der Waals surface area contributed by atoms with Crippen molar-refractivity contribution in [3.05, 3.63) is 28.9 Å². The Morgan fingerprint density at radius 2 is 2.41 bits per heavy atom. The molecule has 0 radical (unpaired) electrons. The molecule has 1 N–H and O–H groups in total. The van der Waals surface area contributed by atoms with Crippen molar-refractivity contribution >= 4 is 11.3 Å². The van der Waals surface area contributed by atoms with Gasteiger partial charge in [0, 0.05) is 16.8 Å². The van der Waals surface area contributed by atoms with E-state index >= 15 is 0 Å². The Labute approximate surface area is 105 Å². The molecule has 1 aliphatic heterocycles. The number of hydrogen-bond donors (Lipinski definition) is 1. The van der Waals surface area contributed by atoms with Crippen LogP contribution in [0.25, 0.3) is 10.7 Å². The van der Waals surface area contributed by atoms with Gasteiger partial charge in [0.15, 0.2) is 5.82 Å². The molecular formula is C13H16N2OS. The zero-order valence-electron chi connectivity index (χ0n) is 9.89. The largest absolute Gasteiger partial charge is 0.394 e. The van der Waals surface area contributed by atoms with Gasteiger partial charge in [-0.15, -0.1) is 11.3 Å². The minimum atomic E-state index is 0.207. The highest BCUT2D eigenvalue weighted by Crippen LogP contribution is 2.33. The van der Waals surface area contributed by atoms with E-state index in [1.807, 2.05) is 6.20 Å². The minimum Gasteiger partial charge on any atom is -0.394 e. The summed E-state index contributed by atoms with van der Waals surface area (Å²) in [4.78, 5) is 7.04. The predicted octanol–water partition coefficient (Wildman–Crippen LogP) is 2.79. The summed E-state index contributed by atoms with van der Waals surface area (Å²) < 4.78 is 2.23. The smallest absolute Gasteiger partial charge is 0.150 e. The van der Waals surface area contributed by atoms with Crippen molar-refractivity contribution in [1.82, 2.24) is 9.55 Å². The lowest BCUT2D eigenvalue weighted by atomic mass is 10.0. The summed E-state index contributed by atoms with van der Waals surface area (Å²) in [5.41, 5.74) is 1.26. The summed E-state index contributed by atoms with van der Waals surface area (Å²) in [7, 11) is 0. The summed E-state index contributed by atoms with van der Waals surface area (Å²) in [5, 5.41) is 9.49. The standard InChI is InChI=1S/C13H16N2OS/c1-9-5-6-12(17-9)13-14-7-10-3-2-4-11(8-16)15(10)13/h5-7,11,16H,2-4,8H2,1H3. The number of thiophene rings is 1. The van der Waals surface area contributed by atoms with Crippen molar-refractivity contribution < 1.29 is 5.11 Å². The first kappa shape index (κ1) is 11.0. The number of aryl methyl sites for hydroxylation is 2. The highest BCUT2D eigenvalue weighted by Gasteiger charge is 2.23. The van der Waals surface area contributed by atoms with Gasteiger partial charge in [-0.25, -0.2) is 4.98 Å². The maximum absolute atomic E-state index is 9.49. The van der Waals surface area contributed by atoms with Gasteiger partial charge in [-0.05, 0) is 38.3 Å². The fraction of sp³-hybridized carbons (Fsp3) is 0.462. The summed E-state index contributed by atoms with van der Waals surface area (Å²) in [5.74, 6) is 1.02. The van der Waals surface area contributed by atoms with Gasteiger partial charge in [0.25, 0.3) is 0 Å². The zero-order chi connectivity index (χ0) is 11.8. The van der Waals surface area contributed by atoms with Crippen molar-refractivity contribution in [2.45, 2.75) is 32.2 Å². The molecule has 0 aromatic carbocycles. The number of aliphatic hydroxyl groups is 1. The van der Waals surface area contributed by atoms with Gasteiger partial charge in [-0.1, -0.05) is 0 Å². The second-order valence-corrected chi connectivity index (χ2v) is 5.87. The Kier molecular flexibility index (Phi) is 2.76. The van der Waals surface area contributed by atoms with Gasteiger partial charge in [-0.2, -0.15) is 0 Å². The molecule has 1 aliphatic rings. The molecule has 0 amide bonds. The Balaban J connectivity index is 2.09. The molecule has 3 rings (SSSR count). The number of hydrogen-bond acceptors (Lipinski definition) is 3. The normalized spacial score (nSPS) is 19.3. The van der Waals surface area contributed by atoms with E-state index in [4.69, 9.17) is 0 Å². The molecule has 1 unspecified atom stereocenters. The Morgan fingerprint density at radius 1 is 1.53 bits per heavy atom. The third-order valence-electron chi connectivity index (χ3n) is 3.38. The van der Waals surface area contributed by atoms with Crippen molar-refractivity contribution in [3.8, 4) is 10.7 Å². The predicted molar refractivity (Wildman–Crippen MR) is 69.3 cm³/mol. The topological polar surface area (TPSA) is 38.0 Å². The van der Waals surface area contributed by atoms with Crippen molar-refractivity contribution in [3.63, 3.8) is 0 Å². The molecule has 2 aromatic rings. The van der Waals surface area contributed by atoms with Gasteiger partial charge in [0.2, 0.25) is 0 Å². The van der Waals surface area contributed by atoms with Gasteiger partial charge < -0.3 is 9.67 Å². The van der Waals surface area contributed by atoms with Crippen molar-refractivity contribution in [1.29, 1.82) is 0 Å². The monoisotopic (exact) mass is 248 g/mol. The fourth-order valence-corrected chi connectivity index (χ4v) is 3.41. The quantitative estimate of drug-likeness (QED) is 0.887. The molecule has 1 atom stereocenters. The van der Waals surface area contributed by atoms with Crippen LogP contribution in [0.2, 0.25) is 0 Å². The minimum absolute atomic E-state index is 0.207. The van der Waals surface area contributed by atoms with E-state index < -0.39 is 0 Å². The number of fused-ring (bicyclic) bond motifs is 1. The van der Waals surface area contributed by atoms with E-state index in [9.17, 15) is 5.11 Å². The lowest BCUT2D eigenvalue weighted by Gasteiger charge is -2.25. The second-order valence-electron chi connectivity index (χ2n) is 4.58. The molecule has 90 valence electrons. The molecule has 0 saturated heterocycles. The lowest BCUT2D eigenvalue weighted by Crippen LogP contribution is -2.21. The first-order valence-corrected chi connectivity index (χ1v) is 6.85. The third-order valence-corrected chi connectivity index (χ3v) is 4.38. The summed E-state index contributed by atoms with van der Waals surface area (Å²) in [6.07, 6.45) is 5.25. The maximum atomic E-state index is 9.49. The third kappa shape index (κ3) is 1.81. The Bertz CT molecular complexity index is 529. The van der Waals surface area contributed by atoms with E-state index in [1.54, 1.807) is 11.3 Å². The number of aromatic nitrogens is 2. The zero-order valence-corrected chi connectivity index (χ0v) is 10.7. The average Bonchev–Trinajstić information content (AvgIpc) is 2.94. The van der Waals surface area contributed by atoms with Gasteiger partial charge in [0.05, 0.1) is 17.5 Å². The number of imidazole rings is 1. The average molecular weight is 248 g/mol.